The molecule has 2 aromatic carbocycles. The van der Waals surface area contributed by atoms with Gasteiger partial charge in [0.15, 0.2) is 6.61 Å². The van der Waals surface area contributed by atoms with E-state index in [1.54, 1.807) is 0 Å². The number of nitrogens with one attached hydrogen (secondary N) is 1. The third-order valence-corrected chi connectivity index (χ3v) is 4.64. The molecule has 9 heteroatoms. The van der Waals surface area contributed by atoms with Crippen LogP contribution >= 0.6 is 11.6 Å². The Kier molecular flexibility index (Phi) is 6.73. The van der Waals surface area contributed by atoms with Crippen LogP contribution in [0.3, 0.4) is 0 Å². The highest BCUT2D eigenvalue weighted by atomic mass is 35.5. The molecule has 0 saturated carbocycles. The average Bonchev–Trinajstić information content (AvgIpc) is 2.60. The molecule has 0 atom stereocenters. The molecule has 0 bridgehead atoms. The highest BCUT2D eigenvalue weighted by Crippen LogP contribution is 2.20. The van der Waals surface area contributed by atoms with Gasteiger partial charge in [-0.1, -0.05) is 41.9 Å². The van der Waals surface area contributed by atoms with Crippen LogP contribution in [0.1, 0.15) is 15.9 Å². The van der Waals surface area contributed by atoms with Gasteiger partial charge in [0.2, 0.25) is 10.0 Å². The van der Waals surface area contributed by atoms with Crippen molar-refractivity contribution in [3.8, 4) is 0 Å². The van der Waals surface area contributed by atoms with Gasteiger partial charge in [-0.3, -0.25) is 4.79 Å². The summed E-state index contributed by atoms with van der Waals surface area (Å²) in [6, 6.07) is 13.0. The van der Waals surface area contributed by atoms with Gasteiger partial charge in [-0.2, -0.15) is 0 Å². The van der Waals surface area contributed by atoms with Crippen molar-refractivity contribution in [3.05, 3.63) is 64.7 Å². The van der Waals surface area contributed by atoms with Gasteiger partial charge in [0.1, 0.15) is 0 Å². The average molecular weight is 397 g/mol. The van der Waals surface area contributed by atoms with Crippen LogP contribution in [0.5, 0.6) is 0 Å². The summed E-state index contributed by atoms with van der Waals surface area (Å²) in [6.45, 7) is -0.119. The zero-order valence-electron chi connectivity index (χ0n) is 13.6. The smallest absolute Gasteiger partial charge is 0.340 e. The maximum atomic E-state index is 12.0. The van der Waals surface area contributed by atoms with Gasteiger partial charge in [0.05, 0.1) is 15.5 Å². The summed E-state index contributed by atoms with van der Waals surface area (Å²) < 4.78 is 27.5. The summed E-state index contributed by atoms with van der Waals surface area (Å²) in [5.74, 6) is -1.40. The van der Waals surface area contributed by atoms with Crippen LogP contribution in [0, 0.1) is 0 Å². The molecule has 0 aliphatic rings. The third kappa shape index (κ3) is 5.83. The van der Waals surface area contributed by atoms with Gasteiger partial charge >= 0.3 is 5.97 Å². The molecule has 26 heavy (non-hydrogen) atoms. The monoisotopic (exact) mass is 396 g/mol. The quantitative estimate of drug-likeness (QED) is 0.688. The first kappa shape index (κ1) is 19.9. The second-order valence-corrected chi connectivity index (χ2v) is 7.32. The number of carbonyl (C=O) groups is 2. The zero-order chi connectivity index (χ0) is 19.2. The first-order chi connectivity index (χ1) is 12.3. The van der Waals surface area contributed by atoms with Gasteiger partial charge in [-0.15, -0.1) is 0 Å². The van der Waals surface area contributed by atoms with Gasteiger partial charge in [-0.05, 0) is 30.2 Å². The molecule has 0 heterocycles. The fourth-order valence-corrected chi connectivity index (χ4v) is 2.82. The molecule has 0 aliphatic carbocycles. The molecule has 0 fully saturated rings. The lowest BCUT2D eigenvalue weighted by Crippen LogP contribution is -2.30. The Hall–Kier alpha value is -2.42. The van der Waals surface area contributed by atoms with E-state index in [9.17, 15) is 18.0 Å². The number of amides is 1. The van der Waals surface area contributed by atoms with Crippen molar-refractivity contribution in [1.82, 2.24) is 5.32 Å². The Labute approximate surface area is 156 Å². The SMILES string of the molecule is NS(=O)(=O)c1ccc(Cl)c(C(=O)OCC(=O)NCCc2ccccc2)c1. The summed E-state index contributed by atoms with van der Waals surface area (Å²) in [5, 5.41) is 7.63. The lowest BCUT2D eigenvalue weighted by Gasteiger charge is -2.08. The maximum Gasteiger partial charge on any atom is 0.340 e. The van der Waals surface area contributed by atoms with E-state index in [0.29, 0.717) is 13.0 Å². The molecule has 0 aromatic heterocycles. The minimum atomic E-state index is -3.99. The third-order valence-electron chi connectivity index (χ3n) is 3.40. The van der Waals surface area contributed by atoms with Gasteiger partial charge in [0, 0.05) is 6.54 Å². The molecule has 0 radical (unpaired) electrons. The van der Waals surface area contributed by atoms with Crippen LogP contribution in [-0.4, -0.2) is 33.4 Å². The molecular weight excluding hydrogens is 380 g/mol. The van der Waals surface area contributed by atoms with Gasteiger partial charge in [-0.25, -0.2) is 18.4 Å². The van der Waals surface area contributed by atoms with Crippen LogP contribution in [-0.2, 0) is 26.0 Å². The summed E-state index contributed by atoms with van der Waals surface area (Å²) >= 11 is 5.87. The van der Waals surface area contributed by atoms with Crippen LogP contribution < -0.4 is 10.5 Å². The van der Waals surface area contributed by atoms with Crippen molar-refractivity contribution in [3.63, 3.8) is 0 Å². The number of benzene rings is 2. The summed E-state index contributed by atoms with van der Waals surface area (Å²) in [6.07, 6.45) is 0.642. The number of primary sulfonamides is 1. The van der Waals surface area contributed by atoms with E-state index < -0.39 is 28.5 Å². The lowest BCUT2D eigenvalue weighted by molar-refractivity contribution is -0.124. The number of rotatable bonds is 7. The van der Waals surface area contributed by atoms with Gasteiger partial charge < -0.3 is 10.1 Å². The zero-order valence-corrected chi connectivity index (χ0v) is 15.2. The standard InChI is InChI=1S/C17H17ClN2O5S/c18-15-7-6-13(26(19,23)24)10-14(15)17(22)25-11-16(21)20-9-8-12-4-2-1-3-5-12/h1-7,10H,8-9,11H2,(H,20,21)(H2,19,23,24). The molecular formula is C17H17ClN2O5S. The molecule has 7 nitrogen and oxygen atoms in total. The van der Waals surface area contributed by atoms with Gasteiger partial charge in [0.25, 0.3) is 5.91 Å². The van der Waals surface area contributed by atoms with Crippen molar-refractivity contribution in [2.45, 2.75) is 11.3 Å². The van der Waals surface area contributed by atoms with Crippen molar-refractivity contribution in [2.24, 2.45) is 5.14 Å². The Morgan fingerprint density at radius 1 is 1.12 bits per heavy atom. The van der Waals surface area contributed by atoms with Crippen LogP contribution in [0.15, 0.2) is 53.4 Å². The molecule has 3 N–H and O–H groups in total. The van der Waals surface area contributed by atoms with E-state index in [1.807, 2.05) is 30.3 Å². The highest BCUT2D eigenvalue weighted by molar-refractivity contribution is 7.89. The molecule has 2 rings (SSSR count). The number of hydrogen-bond donors (Lipinski definition) is 2. The van der Waals surface area contributed by atoms with E-state index in [-0.39, 0.29) is 15.5 Å². The molecule has 2 aromatic rings. The van der Waals surface area contributed by atoms with E-state index in [0.717, 1.165) is 11.6 Å². The Balaban J connectivity index is 1.87. The van der Waals surface area contributed by atoms with Crippen LogP contribution in [0.4, 0.5) is 0 Å². The summed E-state index contributed by atoms with van der Waals surface area (Å²) in [4.78, 5) is 23.5. The minimum Gasteiger partial charge on any atom is -0.452 e. The number of carbonyl (C=O) groups excluding carboxylic acids is 2. The second kappa shape index (κ2) is 8.79. The topological polar surface area (TPSA) is 116 Å². The molecule has 138 valence electrons. The predicted molar refractivity (Wildman–Crippen MR) is 96.3 cm³/mol. The predicted octanol–water partition coefficient (Wildman–Crippen LogP) is 1.50. The number of nitrogens with two attached hydrogens (primary N) is 1. The second-order valence-electron chi connectivity index (χ2n) is 5.35. The summed E-state index contributed by atoms with van der Waals surface area (Å²) in [5.41, 5.74) is 0.881. The van der Waals surface area contributed by atoms with E-state index in [2.05, 4.69) is 5.32 Å². The van der Waals surface area contributed by atoms with E-state index >= 15 is 0 Å². The van der Waals surface area contributed by atoms with E-state index in [4.69, 9.17) is 21.5 Å². The fraction of sp³-hybridized carbons (Fsp3) is 0.176. The first-order valence-electron chi connectivity index (χ1n) is 7.57. The largest absolute Gasteiger partial charge is 0.452 e. The summed E-state index contributed by atoms with van der Waals surface area (Å²) in [7, 11) is -3.99. The number of esters is 1. The normalized spacial score (nSPS) is 11.0. The van der Waals surface area contributed by atoms with E-state index in [1.165, 1.54) is 12.1 Å². The minimum absolute atomic E-state index is 0.00751. The first-order valence-corrected chi connectivity index (χ1v) is 9.50. The van der Waals surface area contributed by atoms with Crippen LogP contribution in [0.25, 0.3) is 0 Å². The highest BCUT2D eigenvalue weighted by Gasteiger charge is 2.17. The Bertz CT molecular complexity index is 901. The molecule has 0 aliphatic heterocycles. The maximum absolute atomic E-state index is 12.0. The number of halogens is 1. The van der Waals surface area contributed by atoms with Crippen molar-refractivity contribution in [1.29, 1.82) is 0 Å². The number of sulfonamides is 1. The number of ether oxygens (including phenoxy) is 1. The van der Waals surface area contributed by atoms with Crippen molar-refractivity contribution >= 4 is 33.5 Å². The molecule has 0 saturated heterocycles. The molecule has 0 spiro atoms. The van der Waals surface area contributed by atoms with Crippen LogP contribution in [0.2, 0.25) is 5.02 Å². The number of hydrogen-bond acceptors (Lipinski definition) is 5. The molecule has 1 amide bonds. The fourth-order valence-electron chi connectivity index (χ4n) is 2.09. The van der Waals surface area contributed by atoms with Crippen molar-refractivity contribution < 1.29 is 22.7 Å². The van der Waals surface area contributed by atoms with Crippen molar-refractivity contribution in [2.75, 3.05) is 13.2 Å². The lowest BCUT2D eigenvalue weighted by atomic mass is 10.1. The Morgan fingerprint density at radius 3 is 2.46 bits per heavy atom. The Morgan fingerprint density at radius 2 is 1.81 bits per heavy atom. The molecule has 0 unspecified atom stereocenters.